The number of carbonyl (C=O) groups excluding carboxylic acids is 2. The predicted octanol–water partition coefficient (Wildman–Crippen LogP) is 4.23. The Morgan fingerprint density at radius 3 is 2.70 bits per heavy atom. The van der Waals surface area contributed by atoms with Crippen LogP contribution in [-0.2, 0) is 16.6 Å². The minimum atomic E-state index is -1.05. The molecule has 1 atom stereocenters. The maximum atomic E-state index is 13.4. The maximum Gasteiger partial charge on any atom is 0.350 e. The van der Waals surface area contributed by atoms with Gasteiger partial charge in [-0.15, -0.1) is 11.3 Å². The summed E-state index contributed by atoms with van der Waals surface area (Å²) in [6.45, 7) is 5.06. The van der Waals surface area contributed by atoms with E-state index in [0.717, 1.165) is 17.0 Å². The van der Waals surface area contributed by atoms with Gasteiger partial charge in [0.05, 0.1) is 22.1 Å². The van der Waals surface area contributed by atoms with E-state index in [1.165, 1.54) is 25.1 Å². The number of aromatic nitrogens is 2. The molecule has 0 saturated heterocycles. The van der Waals surface area contributed by atoms with Crippen LogP contribution in [0.25, 0.3) is 10.1 Å². The number of hydrogen-bond donors (Lipinski definition) is 1. The first-order chi connectivity index (χ1) is 12.7. The van der Waals surface area contributed by atoms with E-state index in [4.69, 9.17) is 16.3 Å². The zero-order chi connectivity index (χ0) is 19.9. The van der Waals surface area contributed by atoms with Gasteiger partial charge in [0.15, 0.2) is 6.10 Å². The Kier molecular flexibility index (Phi) is 5.21. The van der Waals surface area contributed by atoms with Crippen LogP contribution in [0.1, 0.15) is 28.0 Å². The van der Waals surface area contributed by atoms with Gasteiger partial charge in [-0.2, -0.15) is 5.10 Å². The van der Waals surface area contributed by atoms with E-state index < -0.39 is 23.8 Å². The van der Waals surface area contributed by atoms with Crippen LogP contribution in [0.3, 0.4) is 0 Å². The Morgan fingerprint density at radius 2 is 2.07 bits per heavy atom. The fourth-order valence-corrected chi connectivity index (χ4v) is 4.03. The molecule has 1 amide bonds. The summed E-state index contributed by atoms with van der Waals surface area (Å²) in [6, 6.07) is 4.07. The topological polar surface area (TPSA) is 73.2 Å². The van der Waals surface area contributed by atoms with Crippen LogP contribution < -0.4 is 5.32 Å². The van der Waals surface area contributed by atoms with Crippen molar-refractivity contribution in [3.63, 3.8) is 0 Å². The van der Waals surface area contributed by atoms with Gasteiger partial charge in [-0.3, -0.25) is 9.48 Å². The average Bonchev–Trinajstić information content (AvgIpc) is 3.05. The third kappa shape index (κ3) is 3.68. The Bertz CT molecular complexity index is 1060. The maximum absolute atomic E-state index is 13.4. The standard InChI is InChI=1S/C18H17ClFN3O3S/c1-8-15(9(2)23(4)22-8)21-17(24)10(3)26-18(25)16-14(19)12-6-5-11(20)7-13(12)27-16/h5-7,10H,1-4H3,(H,21,24)/t10-/m0/s1. The summed E-state index contributed by atoms with van der Waals surface area (Å²) in [5, 5.41) is 7.70. The highest BCUT2D eigenvalue weighted by Crippen LogP contribution is 2.36. The van der Waals surface area contributed by atoms with Crippen molar-refractivity contribution in [1.82, 2.24) is 9.78 Å². The van der Waals surface area contributed by atoms with Gasteiger partial charge in [0.2, 0.25) is 0 Å². The van der Waals surface area contributed by atoms with Gasteiger partial charge in [0, 0.05) is 17.1 Å². The summed E-state index contributed by atoms with van der Waals surface area (Å²) in [4.78, 5) is 25.0. The predicted molar refractivity (Wildman–Crippen MR) is 103 cm³/mol. The number of carbonyl (C=O) groups is 2. The number of anilines is 1. The van der Waals surface area contributed by atoms with Gasteiger partial charge in [-0.25, -0.2) is 9.18 Å². The fraction of sp³-hybridized carbons (Fsp3) is 0.278. The molecule has 2 aromatic heterocycles. The van der Waals surface area contributed by atoms with Gasteiger partial charge in [-0.05, 0) is 39.0 Å². The highest BCUT2D eigenvalue weighted by atomic mass is 35.5. The van der Waals surface area contributed by atoms with Crippen molar-refractivity contribution < 1.29 is 18.7 Å². The van der Waals surface area contributed by atoms with E-state index >= 15 is 0 Å². The van der Waals surface area contributed by atoms with Crippen LogP contribution in [0, 0.1) is 19.7 Å². The molecule has 142 valence electrons. The number of nitrogens with zero attached hydrogens (tertiary/aromatic N) is 2. The number of hydrogen-bond acceptors (Lipinski definition) is 5. The Labute approximate surface area is 163 Å². The summed E-state index contributed by atoms with van der Waals surface area (Å²) in [5.41, 5.74) is 2.03. The molecule has 0 bridgehead atoms. The summed E-state index contributed by atoms with van der Waals surface area (Å²) in [7, 11) is 1.77. The van der Waals surface area contributed by atoms with E-state index in [1.54, 1.807) is 18.7 Å². The van der Waals surface area contributed by atoms with Crippen LogP contribution in [0.15, 0.2) is 18.2 Å². The number of fused-ring (bicyclic) bond motifs is 1. The zero-order valence-corrected chi connectivity index (χ0v) is 16.7. The molecule has 2 heterocycles. The second-order valence-electron chi connectivity index (χ2n) is 6.09. The second-order valence-corrected chi connectivity index (χ2v) is 7.52. The van der Waals surface area contributed by atoms with E-state index in [9.17, 15) is 14.0 Å². The summed E-state index contributed by atoms with van der Waals surface area (Å²) in [6.07, 6.45) is -1.05. The molecule has 0 aliphatic carbocycles. The van der Waals surface area contributed by atoms with Crippen molar-refractivity contribution in [2.75, 3.05) is 5.32 Å². The molecular weight excluding hydrogens is 393 g/mol. The molecule has 0 saturated carbocycles. The van der Waals surface area contributed by atoms with Crippen LogP contribution in [0.2, 0.25) is 5.02 Å². The van der Waals surface area contributed by atoms with Gasteiger partial charge in [0.1, 0.15) is 10.7 Å². The van der Waals surface area contributed by atoms with Crippen molar-refractivity contribution in [3.8, 4) is 0 Å². The molecule has 3 rings (SSSR count). The van der Waals surface area contributed by atoms with E-state index in [0.29, 0.717) is 21.5 Å². The first-order valence-corrected chi connectivity index (χ1v) is 9.28. The highest BCUT2D eigenvalue weighted by molar-refractivity contribution is 7.21. The van der Waals surface area contributed by atoms with Crippen molar-refractivity contribution >= 4 is 50.6 Å². The lowest BCUT2D eigenvalue weighted by Gasteiger charge is -2.13. The van der Waals surface area contributed by atoms with Gasteiger partial charge < -0.3 is 10.1 Å². The average molecular weight is 410 g/mol. The molecule has 0 radical (unpaired) electrons. The number of esters is 1. The lowest BCUT2D eigenvalue weighted by molar-refractivity contribution is -0.123. The van der Waals surface area contributed by atoms with Crippen molar-refractivity contribution in [3.05, 3.63) is 45.3 Å². The number of nitrogens with one attached hydrogen (secondary N) is 1. The van der Waals surface area contributed by atoms with Crippen LogP contribution in [-0.4, -0.2) is 27.8 Å². The van der Waals surface area contributed by atoms with Gasteiger partial charge in [0.25, 0.3) is 5.91 Å². The molecule has 1 N–H and O–H groups in total. The quantitative estimate of drug-likeness (QED) is 0.654. The molecule has 1 aromatic carbocycles. The first-order valence-electron chi connectivity index (χ1n) is 8.08. The van der Waals surface area contributed by atoms with Crippen molar-refractivity contribution in [2.45, 2.75) is 26.9 Å². The third-order valence-corrected chi connectivity index (χ3v) is 5.82. The molecule has 0 aliphatic rings. The van der Waals surface area contributed by atoms with Crippen molar-refractivity contribution in [1.29, 1.82) is 0 Å². The molecule has 3 aromatic rings. The lowest BCUT2D eigenvalue weighted by atomic mass is 10.2. The monoisotopic (exact) mass is 409 g/mol. The number of amides is 1. The molecule has 9 heteroatoms. The third-order valence-electron chi connectivity index (χ3n) is 4.19. The number of benzene rings is 1. The Hall–Kier alpha value is -2.45. The summed E-state index contributed by atoms with van der Waals surface area (Å²) < 4.78 is 20.8. The molecular formula is C18H17ClFN3O3S. The number of rotatable bonds is 4. The molecule has 6 nitrogen and oxygen atoms in total. The molecule has 0 fully saturated rings. The van der Waals surface area contributed by atoms with E-state index in [1.807, 2.05) is 6.92 Å². The minimum absolute atomic E-state index is 0.130. The number of thiophene rings is 1. The molecule has 27 heavy (non-hydrogen) atoms. The SMILES string of the molecule is Cc1nn(C)c(C)c1NC(=O)[C@H](C)OC(=O)c1sc2cc(F)ccc2c1Cl. The lowest BCUT2D eigenvalue weighted by Crippen LogP contribution is -2.30. The van der Waals surface area contributed by atoms with Crippen LogP contribution in [0.5, 0.6) is 0 Å². The Morgan fingerprint density at radius 1 is 1.37 bits per heavy atom. The van der Waals surface area contributed by atoms with E-state index in [2.05, 4.69) is 10.4 Å². The minimum Gasteiger partial charge on any atom is -0.448 e. The summed E-state index contributed by atoms with van der Waals surface area (Å²) in [5.74, 6) is -1.63. The zero-order valence-electron chi connectivity index (χ0n) is 15.1. The molecule has 0 spiro atoms. The number of ether oxygens (including phenoxy) is 1. The number of aryl methyl sites for hydroxylation is 2. The number of halogens is 2. The smallest absolute Gasteiger partial charge is 0.350 e. The fourth-order valence-electron chi connectivity index (χ4n) is 2.62. The molecule has 0 aliphatic heterocycles. The Balaban J connectivity index is 1.75. The van der Waals surface area contributed by atoms with Crippen molar-refractivity contribution in [2.24, 2.45) is 7.05 Å². The first kappa shape index (κ1) is 19.3. The largest absolute Gasteiger partial charge is 0.448 e. The van der Waals surface area contributed by atoms with Gasteiger partial charge >= 0.3 is 5.97 Å². The second kappa shape index (κ2) is 7.28. The highest BCUT2D eigenvalue weighted by Gasteiger charge is 2.25. The van der Waals surface area contributed by atoms with E-state index in [-0.39, 0.29) is 9.90 Å². The normalized spacial score (nSPS) is 12.2. The molecule has 0 unspecified atom stereocenters. The van der Waals surface area contributed by atoms with Gasteiger partial charge in [-0.1, -0.05) is 11.6 Å². The van der Waals surface area contributed by atoms with Crippen LogP contribution >= 0.6 is 22.9 Å². The summed E-state index contributed by atoms with van der Waals surface area (Å²) >= 11 is 7.24. The van der Waals surface area contributed by atoms with Crippen LogP contribution in [0.4, 0.5) is 10.1 Å².